The SMILES string of the molecule is COc1cc(Cl)c(C)cc1NC(=O)Cn1cnc2sc(C(=O)OC(C)C)c(C)c2c1=O. The summed E-state index contributed by atoms with van der Waals surface area (Å²) in [5.41, 5.74) is 1.30. The number of carbonyl (C=O) groups is 2. The molecule has 0 saturated carbocycles. The minimum atomic E-state index is -0.496. The second-order valence-corrected chi connectivity index (χ2v) is 8.62. The minimum absolute atomic E-state index is 0.256. The molecule has 2 aromatic heterocycles. The molecule has 0 aliphatic carbocycles. The number of nitrogens with zero attached hydrogens (tertiary/aromatic N) is 2. The van der Waals surface area contributed by atoms with Crippen LogP contribution in [0.15, 0.2) is 23.3 Å². The van der Waals surface area contributed by atoms with Gasteiger partial charge in [-0.05, 0) is 44.9 Å². The number of aryl methyl sites for hydroxylation is 2. The Hall–Kier alpha value is -2.91. The van der Waals surface area contributed by atoms with E-state index in [-0.39, 0.29) is 12.6 Å². The molecule has 31 heavy (non-hydrogen) atoms. The van der Waals surface area contributed by atoms with Crippen molar-refractivity contribution in [2.24, 2.45) is 0 Å². The van der Waals surface area contributed by atoms with Crippen LogP contribution >= 0.6 is 22.9 Å². The summed E-state index contributed by atoms with van der Waals surface area (Å²) in [7, 11) is 1.47. The van der Waals surface area contributed by atoms with E-state index in [9.17, 15) is 14.4 Å². The van der Waals surface area contributed by atoms with E-state index < -0.39 is 17.4 Å². The summed E-state index contributed by atoms with van der Waals surface area (Å²) in [5, 5.41) is 3.55. The first-order valence-corrected chi connectivity index (χ1v) is 10.6. The Bertz CT molecular complexity index is 1230. The maximum absolute atomic E-state index is 13.0. The number of amides is 1. The summed E-state index contributed by atoms with van der Waals surface area (Å²) >= 11 is 7.19. The van der Waals surface area contributed by atoms with Crippen LogP contribution in [-0.4, -0.2) is 34.6 Å². The molecule has 0 saturated heterocycles. The Morgan fingerprint density at radius 3 is 2.65 bits per heavy atom. The number of esters is 1. The maximum atomic E-state index is 13.0. The second-order valence-electron chi connectivity index (χ2n) is 7.22. The number of anilines is 1. The molecule has 1 aromatic carbocycles. The molecular weight excluding hydrogens is 442 g/mol. The number of aromatic nitrogens is 2. The third kappa shape index (κ3) is 4.72. The van der Waals surface area contributed by atoms with Crippen LogP contribution in [0.3, 0.4) is 0 Å². The highest BCUT2D eigenvalue weighted by molar-refractivity contribution is 7.20. The number of ether oxygens (including phenoxy) is 2. The Kier molecular flexibility index (Phi) is 6.66. The number of benzene rings is 1. The van der Waals surface area contributed by atoms with E-state index in [4.69, 9.17) is 21.1 Å². The number of fused-ring (bicyclic) bond motifs is 1. The van der Waals surface area contributed by atoms with E-state index in [1.165, 1.54) is 18.0 Å². The number of carbonyl (C=O) groups excluding carboxylic acids is 2. The molecule has 3 rings (SSSR count). The van der Waals surface area contributed by atoms with E-state index in [2.05, 4.69) is 10.3 Å². The number of rotatable bonds is 6. The molecule has 0 bridgehead atoms. The zero-order valence-electron chi connectivity index (χ0n) is 17.7. The van der Waals surface area contributed by atoms with Gasteiger partial charge in [-0.25, -0.2) is 9.78 Å². The topological polar surface area (TPSA) is 99.5 Å². The number of halogens is 1. The maximum Gasteiger partial charge on any atom is 0.348 e. The minimum Gasteiger partial charge on any atom is -0.495 e. The Balaban J connectivity index is 1.89. The van der Waals surface area contributed by atoms with Gasteiger partial charge in [0.05, 0.1) is 30.6 Å². The fourth-order valence-electron chi connectivity index (χ4n) is 3.01. The predicted octanol–water partition coefficient (Wildman–Crippen LogP) is 3.94. The van der Waals surface area contributed by atoms with Crippen LogP contribution in [0.4, 0.5) is 5.69 Å². The fourth-order valence-corrected chi connectivity index (χ4v) is 4.18. The van der Waals surface area contributed by atoms with Gasteiger partial charge >= 0.3 is 5.97 Å². The monoisotopic (exact) mass is 463 g/mol. The lowest BCUT2D eigenvalue weighted by molar-refractivity contribution is -0.116. The van der Waals surface area contributed by atoms with Gasteiger partial charge in [-0.1, -0.05) is 11.6 Å². The van der Waals surface area contributed by atoms with Crippen molar-refractivity contribution < 1.29 is 19.1 Å². The third-order valence-electron chi connectivity index (χ3n) is 4.51. The van der Waals surface area contributed by atoms with Gasteiger partial charge in [-0.2, -0.15) is 0 Å². The van der Waals surface area contributed by atoms with Crippen LogP contribution in [0.25, 0.3) is 10.2 Å². The van der Waals surface area contributed by atoms with Crippen molar-refractivity contribution in [3.63, 3.8) is 0 Å². The van der Waals surface area contributed by atoms with E-state index in [1.807, 2.05) is 0 Å². The number of hydrogen-bond donors (Lipinski definition) is 1. The van der Waals surface area contributed by atoms with Crippen LogP contribution < -0.4 is 15.6 Å². The molecule has 3 aromatic rings. The highest BCUT2D eigenvalue weighted by atomic mass is 35.5. The molecule has 2 heterocycles. The smallest absolute Gasteiger partial charge is 0.348 e. The second kappa shape index (κ2) is 9.07. The summed E-state index contributed by atoms with van der Waals surface area (Å²) in [4.78, 5) is 42.9. The molecule has 164 valence electrons. The zero-order valence-corrected chi connectivity index (χ0v) is 19.3. The van der Waals surface area contributed by atoms with Crippen LogP contribution in [0, 0.1) is 13.8 Å². The predicted molar refractivity (Wildman–Crippen MR) is 121 cm³/mol. The van der Waals surface area contributed by atoms with Crippen LogP contribution in [0.2, 0.25) is 5.02 Å². The van der Waals surface area contributed by atoms with Gasteiger partial charge in [0.1, 0.15) is 22.0 Å². The third-order valence-corrected chi connectivity index (χ3v) is 6.10. The first-order valence-electron chi connectivity index (χ1n) is 9.45. The highest BCUT2D eigenvalue weighted by Gasteiger charge is 2.22. The molecular formula is C21H22ClN3O5S. The van der Waals surface area contributed by atoms with Gasteiger partial charge in [0.15, 0.2) is 0 Å². The molecule has 8 nitrogen and oxygen atoms in total. The normalized spacial score (nSPS) is 11.1. The first kappa shape index (κ1) is 22.8. The molecule has 0 radical (unpaired) electrons. The van der Waals surface area contributed by atoms with Crippen molar-refractivity contribution in [1.29, 1.82) is 0 Å². The van der Waals surface area contributed by atoms with Crippen molar-refractivity contribution in [1.82, 2.24) is 9.55 Å². The molecule has 1 N–H and O–H groups in total. The van der Waals surface area contributed by atoms with Gasteiger partial charge < -0.3 is 14.8 Å². The standard InChI is InChI=1S/C21H22ClN3O5S/c1-10(2)30-21(28)18-12(4)17-19(31-18)23-9-25(20(17)27)8-16(26)24-14-6-11(3)13(22)7-15(14)29-5/h6-7,9-10H,8H2,1-5H3,(H,24,26). The molecule has 1 amide bonds. The molecule has 0 aliphatic heterocycles. The molecule has 0 aliphatic rings. The lowest BCUT2D eigenvalue weighted by atomic mass is 10.2. The summed E-state index contributed by atoms with van der Waals surface area (Å²) < 4.78 is 11.7. The number of thiophene rings is 1. The summed E-state index contributed by atoms with van der Waals surface area (Å²) in [6.07, 6.45) is 1.01. The van der Waals surface area contributed by atoms with Crippen molar-refractivity contribution >= 4 is 50.7 Å². The summed E-state index contributed by atoms with van der Waals surface area (Å²) in [6, 6.07) is 3.30. The van der Waals surface area contributed by atoms with Gasteiger partial charge in [-0.15, -0.1) is 11.3 Å². The quantitative estimate of drug-likeness (QED) is 0.556. The average Bonchev–Trinajstić information content (AvgIpc) is 3.03. The summed E-state index contributed by atoms with van der Waals surface area (Å²) in [6.45, 7) is 6.72. The van der Waals surface area contributed by atoms with Crippen molar-refractivity contribution in [2.75, 3.05) is 12.4 Å². The zero-order chi connectivity index (χ0) is 22.9. The van der Waals surface area contributed by atoms with Crippen molar-refractivity contribution in [3.8, 4) is 5.75 Å². The average molecular weight is 464 g/mol. The van der Waals surface area contributed by atoms with E-state index in [1.54, 1.807) is 39.8 Å². The lowest BCUT2D eigenvalue weighted by Gasteiger charge is -2.13. The van der Waals surface area contributed by atoms with Crippen molar-refractivity contribution in [2.45, 2.75) is 40.3 Å². The Labute approximate surface area is 187 Å². The number of hydrogen-bond acceptors (Lipinski definition) is 7. The Morgan fingerprint density at radius 1 is 1.29 bits per heavy atom. The van der Waals surface area contributed by atoms with Crippen LogP contribution in [0.1, 0.15) is 34.6 Å². The molecule has 10 heteroatoms. The molecule has 0 atom stereocenters. The highest BCUT2D eigenvalue weighted by Crippen LogP contribution is 2.31. The van der Waals surface area contributed by atoms with Crippen LogP contribution in [0.5, 0.6) is 5.75 Å². The van der Waals surface area contributed by atoms with Crippen molar-refractivity contribution in [3.05, 3.63) is 49.8 Å². The number of nitrogens with one attached hydrogen (secondary N) is 1. The fraction of sp³-hybridized carbons (Fsp3) is 0.333. The molecule has 0 fully saturated rings. The molecule has 0 unspecified atom stereocenters. The van der Waals surface area contributed by atoms with E-state index in [0.717, 1.165) is 16.9 Å². The van der Waals surface area contributed by atoms with Gasteiger partial charge in [0, 0.05) is 11.1 Å². The first-order chi connectivity index (χ1) is 14.6. The van der Waals surface area contributed by atoms with Gasteiger partial charge in [0.25, 0.3) is 5.56 Å². The van der Waals surface area contributed by atoms with Gasteiger partial charge in [-0.3, -0.25) is 14.2 Å². The van der Waals surface area contributed by atoms with Gasteiger partial charge in [0.2, 0.25) is 5.91 Å². The van der Waals surface area contributed by atoms with E-state index >= 15 is 0 Å². The number of methoxy groups -OCH3 is 1. The largest absolute Gasteiger partial charge is 0.495 e. The van der Waals surface area contributed by atoms with E-state index in [0.29, 0.717) is 37.1 Å². The summed E-state index contributed by atoms with van der Waals surface area (Å²) in [5.74, 6) is -0.521. The van der Waals surface area contributed by atoms with Crippen LogP contribution in [-0.2, 0) is 16.1 Å². The lowest BCUT2D eigenvalue weighted by Crippen LogP contribution is -2.28. The Morgan fingerprint density at radius 2 is 2.00 bits per heavy atom. The molecule has 0 spiro atoms.